The third-order valence-electron chi connectivity index (χ3n) is 3.64. The van der Waals surface area contributed by atoms with Crippen molar-refractivity contribution >= 4 is 10.8 Å². The van der Waals surface area contributed by atoms with Crippen molar-refractivity contribution in [1.82, 2.24) is 0 Å². The molecule has 0 fully saturated rings. The Hall–Kier alpha value is -2.15. The minimum atomic E-state index is -0.186. The molecule has 1 atom stereocenters. The Morgan fingerprint density at radius 1 is 0.737 bits per heavy atom. The summed E-state index contributed by atoms with van der Waals surface area (Å²) in [5.41, 5.74) is 2.39. The van der Waals surface area contributed by atoms with Gasteiger partial charge in [0.2, 0.25) is 0 Å². The largest absolute Gasteiger partial charge is 0.207 e. The molecule has 0 aliphatic carbocycles. The van der Waals surface area contributed by atoms with Gasteiger partial charge in [0.05, 0.1) is 0 Å². The standard InChI is InChI=1S/C18H15F/c1-13(14-8-10-18(19)11-9-14)16-7-6-15-4-2-3-5-17(15)12-16/h2-13H,1H3/t13-/m0/s1. The van der Waals surface area contributed by atoms with Gasteiger partial charge in [-0.05, 0) is 34.0 Å². The minimum Gasteiger partial charge on any atom is -0.207 e. The van der Waals surface area contributed by atoms with Crippen molar-refractivity contribution in [3.05, 3.63) is 83.7 Å². The van der Waals surface area contributed by atoms with Crippen molar-refractivity contribution in [3.8, 4) is 0 Å². The zero-order chi connectivity index (χ0) is 13.2. The van der Waals surface area contributed by atoms with E-state index >= 15 is 0 Å². The van der Waals surface area contributed by atoms with Gasteiger partial charge in [0, 0.05) is 5.92 Å². The third-order valence-corrected chi connectivity index (χ3v) is 3.64. The molecular formula is C18H15F. The van der Waals surface area contributed by atoms with Gasteiger partial charge in [0.15, 0.2) is 0 Å². The lowest BCUT2D eigenvalue weighted by Crippen LogP contribution is -1.96. The normalized spacial score (nSPS) is 12.5. The maximum absolute atomic E-state index is 13.0. The fourth-order valence-electron chi connectivity index (χ4n) is 2.42. The lowest BCUT2D eigenvalue weighted by Gasteiger charge is -2.13. The highest BCUT2D eigenvalue weighted by atomic mass is 19.1. The van der Waals surface area contributed by atoms with Crippen molar-refractivity contribution < 1.29 is 4.39 Å². The smallest absolute Gasteiger partial charge is 0.123 e. The highest BCUT2D eigenvalue weighted by Crippen LogP contribution is 2.27. The van der Waals surface area contributed by atoms with Gasteiger partial charge >= 0.3 is 0 Å². The van der Waals surface area contributed by atoms with Gasteiger partial charge in [-0.3, -0.25) is 0 Å². The Bertz CT molecular complexity index is 698. The predicted octanol–water partition coefficient (Wildman–Crippen LogP) is 5.13. The third kappa shape index (κ3) is 2.37. The second-order valence-electron chi connectivity index (χ2n) is 4.88. The van der Waals surface area contributed by atoms with Crippen molar-refractivity contribution in [1.29, 1.82) is 0 Å². The lowest BCUT2D eigenvalue weighted by atomic mass is 9.91. The number of fused-ring (bicyclic) bond motifs is 1. The summed E-state index contributed by atoms with van der Waals surface area (Å²) in [4.78, 5) is 0. The van der Waals surface area contributed by atoms with Crippen LogP contribution in [0.25, 0.3) is 10.8 Å². The molecule has 94 valence electrons. The average Bonchev–Trinajstić information content (AvgIpc) is 2.47. The van der Waals surface area contributed by atoms with E-state index in [0.717, 1.165) is 5.56 Å². The van der Waals surface area contributed by atoms with Crippen LogP contribution in [0.3, 0.4) is 0 Å². The van der Waals surface area contributed by atoms with Gasteiger partial charge in [0.1, 0.15) is 5.82 Å². The summed E-state index contributed by atoms with van der Waals surface area (Å²) in [7, 11) is 0. The maximum atomic E-state index is 13.0. The first-order valence-corrected chi connectivity index (χ1v) is 6.48. The van der Waals surface area contributed by atoms with Gasteiger partial charge in [-0.25, -0.2) is 4.39 Å². The van der Waals surface area contributed by atoms with Gasteiger partial charge in [-0.15, -0.1) is 0 Å². The molecule has 1 heteroatoms. The first-order chi connectivity index (χ1) is 9.24. The van der Waals surface area contributed by atoms with Crippen molar-refractivity contribution in [2.24, 2.45) is 0 Å². The molecule has 0 unspecified atom stereocenters. The van der Waals surface area contributed by atoms with Crippen molar-refractivity contribution in [2.45, 2.75) is 12.8 Å². The summed E-state index contributed by atoms with van der Waals surface area (Å²) in [6, 6.07) is 21.6. The van der Waals surface area contributed by atoms with Gasteiger partial charge in [-0.1, -0.05) is 61.5 Å². The Kier molecular flexibility index (Phi) is 3.04. The summed E-state index contributed by atoms with van der Waals surface area (Å²) in [5.74, 6) is 0.0830. The Balaban J connectivity index is 2.01. The zero-order valence-electron chi connectivity index (χ0n) is 10.8. The van der Waals surface area contributed by atoms with E-state index in [9.17, 15) is 4.39 Å². The van der Waals surface area contributed by atoms with Crippen molar-refractivity contribution in [2.75, 3.05) is 0 Å². The molecule has 0 aliphatic heterocycles. The predicted molar refractivity (Wildman–Crippen MR) is 77.9 cm³/mol. The topological polar surface area (TPSA) is 0 Å². The summed E-state index contributed by atoms with van der Waals surface area (Å²) in [6.45, 7) is 2.15. The fraction of sp³-hybridized carbons (Fsp3) is 0.111. The van der Waals surface area contributed by atoms with Crippen LogP contribution in [0.2, 0.25) is 0 Å². The second-order valence-corrected chi connectivity index (χ2v) is 4.88. The molecular weight excluding hydrogens is 235 g/mol. The molecule has 0 heterocycles. The molecule has 0 amide bonds. The molecule has 3 rings (SSSR count). The molecule has 0 N–H and O–H groups in total. The SMILES string of the molecule is C[C@@H](c1ccc(F)cc1)c1ccc2ccccc2c1. The molecule has 0 bridgehead atoms. The van der Waals surface area contributed by atoms with Crippen LogP contribution in [-0.4, -0.2) is 0 Å². The minimum absolute atomic E-state index is 0.186. The maximum Gasteiger partial charge on any atom is 0.123 e. The van der Waals surface area contributed by atoms with Crippen LogP contribution in [0.1, 0.15) is 24.0 Å². The van der Waals surface area contributed by atoms with E-state index in [1.54, 1.807) is 0 Å². The molecule has 0 nitrogen and oxygen atoms in total. The first kappa shape index (κ1) is 11.9. The molecule has 3 aromatic carbocycles. The van der Waals surface area contributed by atoms with E-state index < -0.39 is 0 Å². The van der Waals surface area contributed by atoms with Crippen LogP contribution in [0, 0.1) is 5.82 Å². The summed E-state index contributed by atoms with van der Waals surface area (Å²) in [5, 5.41) is 2.49. The Morgan fingerprint density at radius 3 is 2.11 bits per heavy atom. The van der Waals surface area contributed by atoms with Crippen LogP contribution in [-0.2, 0) is 0 Å². The van der Waals surface area contributed by atoms with E-state index in [1.807, 2.05) is 18.2 Å². The lowest BCUT2D eigenvalue weighted by molar-refractivity contribution is 0.626. The Labute approximate surface area is 112 Å². The second kappa shape index (κ2) is 4.85. The van der Waals surface area contributed by atoms with Crippen LogP contribution in [0.5, 0.6) is 0 Å². The van der Waals surface area contributed by atoms with Crippen LogP contribution in [0.15, 0.2) is 66.7 Å². The number of rotatable bonds is 2. The molecule has 0 radical (unpaired) electrons. The summed E-state index contributed by atoms with van der Waals surface area (Å²) < 4.78 is 13.0. The Morgan fingerprint density at radius 2 is 1.37 bits per heavy atom. The summed E-state index contributed by atoms with van der Waals surface area (Å²) in [6.07, 6.45) is 0. The molecule has 0 saturated carbocycles. The van der Waals surface area contributed by atoms with Crippen molar-refractivity contribution in [3.63, 3.8) is 0 Å². The molecule has 0 saturated heterocycles. The number of hydrogen-bond donors (Lipinski definition) is 0. The van der Waals surface area contributed by atoms with Crippen LogP contribution < -0.4 is 0 Å². The molecule has 0 spiro atoms. The van der Waals surface area contributed by atoms with E-state index in [4.69, 9.17) is 0 Å². The zero-order valence-corrected chi connectivity index (χ0v) is 10.8. The first-order valence-electron chi connectivity index (χ1n) is 6.48. The van der Waals surface area contributed by atoms with E-state index in [1.165, 1.54) is 28.5 Å². The molecule has 19 heavy (non-hydrogen) atoms. The van der Waals surface area contributed by atoms with Crippen LogP contribution in [0.4, 0.5) is 4.39 Å². The molecule has 0 aromatic heterocycles. The van der Waals surface area contributed by atoms with E-state index in [0.29, 0.717) is 0 Å². The monoisotopic (exact) mass is 250 g/mol. The summed E-state index contributed by atoms with van der Waals surface area (Å²) >= 11 is 0. The number of hydrogen-bond acceptors (Lipinski definition) is 0. The van der Waals surface area contributed by atoms with Gasteiger partial charge in [0.25, 0.3) is 0 Å². The van der Waals surface area contributed by atoms with E-state index in [2.05, 4.69) is 43.3 Å². The number of halogens is 1. The molecule has 0 aliphatic rings. The number of benzene rings is 3. The van der Waals surface area contributed by atoms with E-state index in [-0.39, 0.29) is 11.7 Å². The highest BCUT2D eigenvalue weighted by molar-refractivity contribution is 5.83. The average molecular weight is 250 g/mol. The quantitative estimate of drug-likeness (QED) is 0.591. The van der Waals surface area contributed by atoms with Crippen LogP contribution >= 0.6 is 0 Å². The molecule has 3 aromatic rings. The van der Waals surface area contributed by atoms with Gasteiger partial charge < -0.3 is 0 Å². The fourth-order valence-corrected chi connectivity index (χ4v) is 2.42. The highest BCUT2D eigenvalue weighted by Gasteiger charge is 2.08. The van der Waals surface area contributed by atoms with Gasteiger partial charge in [-0.2, -0.15) is 0 Å².